The largest absolute Gasteiger partial charge is 0.408 e. The van der Waals surface area contributed by atoms with E-state index < -0.39 is 28.1 Å². The van der Waals surface area contributed by atoms with Gasteiger partial charge in [-0.2, -0.15) is 18.3 Å². The van der Waals surface area contributed by atoms with Crippen molar-refractivity contribution in [3.05, 3.63) is 40.8 Å². The number of anilines is 1. The minimum absolute atomic E-state index is 0.0403. The maximum atomic E-state index is 12.6. The quantitative estimate of drug-likeness (QED) is 0.852. The zero-order valence-electron chi connectivity index (χ0n) is 13.7. The Kier molecular flexibility index (Phi) is 4.55. The third kappa shape index (κ3) is 4.24. The van der Waals surface area contributed by atoms with Crippen LogP contribution < -0.4 is 10.9 Å². The molecule has 0 aliphatic heterocycles. The van der Waals surface area contributed by atoms with Gasteiger partial charge in [0.15, 0.2) is 9.84 Å². The van der Waals surface area contributed by atoms with E-state index in [0.29, 0.717) is 15.8 Å². The van der Waals surface area contributed by atoms with Gasteiger partial charge in [-0.25, -0.2) is 13.1 Å². The van der Waals surface area contributed by atoms with Crippen LogP contribution >= 0.6 is 0 Å². The molecule has 0 radical (unpaired) electrons. The lowest BCUT2D eigenvalue weighted by Gasteiger charge is -2.14. The molecular weight excluding hydrogens is 371 g/mol. The Morgan fingerprint density at radius 1 is 1.23 bits per heavy atom. The van der Waals surface area contributed by atoms with Gasteiger partial charge >= 0.3 is 6.18 Å². The van der Waals surface area contributed by atoms with Gasteiger partial charge in [-0.3, -0.25) is 4.79 Å². The fourth-order valence-corrected chi connectivity index (χ4v) is 3.07. The number of rotatable bonds is 5. The van der Waals surface area contributed by atoms with Crippen molar-refractivity contribution >= 4 is 15.5 Å². The smallest absolute Gasteiger partial charge is 0.377 e. The van der Waals surface area contributed by atoms with Crippen LogP contribution in [0.1, 0.15) is 12.8 Å². The summed E-state index contributed by atoms with van der Waals surface area (Å²) in [5, 5.41) is 6.59. The molecule has 0 bridgehead atoms. The molecular formula is C16H16F3N3O3S. The standard InChI is InChI=1S/C16H16F3N3O3S/c1-26(24,25)12-6-2-10(3-7-12)13-8-20-22(9-16(17,18)19)15(23)14(13)21-11-4-5-11/h2-3,6-8,11,21H,4-5,9H2,1H3. The van der Waals surface area contributed by atoms with Crippen LogP contribution in [0.4, 0.5) is 18.9 Å². The van der Waals surface area contributed by atoms with E-state index in [4.69, 9.17) is 0 Å². The molecule has 26 heavy (non-hydrogen) atoms. The van der Waals surface area contributed by atoms with Crippen LogP contribution in [0.15, 0.2) is 40.2 Å². The molecule has 1 N–H and O–H groups in total. The molecule has 0 atom stereocenters. The molecule has 2 aromatic rings. The zero-order valence-corrected chi connectivity index (χ0v) is 14.6. The lowest BCUT2D eigenvalue weighted by molar-refractivity contribution is -0.143. The van der Waals surface area contributed by atoms with Crippen LogP contribution in [-0.4, -0.2) is 36.7 Å². The van der Waals surface area contributed by atoms with Crippen LogP contribution in [0.2, 0.25) is 0 Å². The molecule has 140 valence electrons. The van der Waals surface area contributed by atoms with E-state index in [2.05, 4.69) is 10.4 Å². The summed E-state index contributed by atoms with van der Waals surface area (Å²) < 4.78 is 61.4. The summed E-state index contributed by atoms with van der Waals surface area (Å²) in [6.07, 6.45) is -0.650. The number of sulfone groups is 1. The Labute approximate surface area is 147 Å². The first kappa shape index (κ1) is 18.4. The van der Waals surface area contributed by atoms with Gasteiger partial charge < -0.3 is 5.32 Å². The maximum Gasteiger partial charge on any atom is 0.408 e. The highest BCUT2D eigenvalue weighted by atomic mass is 32.2. The maximum absolute atomic E-state index is 12.6. The lowest BCUT2D eigenvalue weighted by atomic mass is 10.1. The molecule has 1 aliphatic rings. The highest BCUT2D eigenvalue weighted by Crippen LogP contribution is 2.30. The number of nitrogens with zero attached hydrogens (tertiary/aromatic N) is 2. The van der Waals surface area contributed by atoms with Crippen LogP contribution in [0.25, 0.3) is 11.1 Å². The Morgan fingerprint density at radius 2 is 1.85 bits per heavy atom. The monoisotopic (exact) mass is 387 g/mol. The number of alkyl halides is 3. The van der Waals surface area contributed by atoms with E-state index in [1.54, 1.807) is 0 Å². The zero-order chi connectivity index (χ0) is 19.1. The number of hydrogen-bond acceptors (Lipinski definition) is 5. The van der Waals surface area contributed by atoms with E-state index in [-0.39, 0.29) is 16.6 Å². The second kappa shape index (κ2) is 6.42. The molecule has 0 amide bonds. The van der Waals surface area contributed by atoms with Crippen LogP contribution in [0, 0.1) is 0 Å². The molecule has 0 unspecified atom stereocenters. The van der Waals surface area contributed by atoms with Crippen molar-refractivity contribution in [1.29, 1.82) is 0 Å². The van der Waals surface area contributed by atoms with Gasteiger partial charge in [0.25, 0.3) is 5.56 Å². The molecule has 1 fully saturated rings. The molecule has 3 rings (SSSR count). The molecule has 0 saturated heterocycles. The van der Waals surface area contributed by atoms with Gasteiger partial charge in [-0.1, -0.05) is 12.1 Å². The Hall–Kier alpha value is -2.36. The minimum atomic E-state index is -4.56. The number of hydrogen-bond donors (Lipinski definition) is 1. The summed E-state index contributed by atoms with van der Waals surface area (Å²) in [6, 6.07) is 5.80. The van der Waals surface area contributed by atoms with Crippen molar-refractivity contribution < 1.29 is 21.6 Å². The van der Waals surface area contributed by atoms with Crippen molar-refractivity contribution in [2.75, 3.05) is 11.6 Å². The number of aromatic nitrogens is 2. The molecule has 1 aliphatic carbocycles. The lowest BCUT2D eigenvalue weighted by Crippen LogP contribution is -2.32. The predicted octanol–water partition coefficient (Wildman–Crippen LogP) is 2.45. The predicted molar refractivity (Wildman–Crippen MR) is 89.7 cm³/mol. The minimum Gasteiger partial charge on any atom is -0.377 e. The van der Waals surface area contributed by atoms with Crippen LogP contribution in [0.3, 0.4) is 0 Å². The summed E-state index contributed by atoms with van der Waals surface area (Å²) >= 11 is 0. The first-order valence-corrected chi connectivity index (χ1v) is 9.67. The van der Waals surface area contributed by atoms with E-state index in [1.165, 1.54) is 30.5 Å². The summed E-state index contributed by atoms with van der Waals surface area (Å²) in [5.41, 5.74) is 0.00227. The summed E-state index contributed by atoms with van der Waals surface area (Å²) in [6.45, 7) is -1.47. The molecule has 10 heteroatoms. The summed E-state index contributed by atoms with van der Waals surface area (Å²) in [5.74, 6) is 0. The van der Waals surface area contributed by atoms with Crippen molar-refractivity contribution in [3.8, 4) is 11.1 Å². The number of halogens is 3. The first-order chi connectivity index (χ1) is 12.0. The fraction of sp³-hybridized carbons (Fsp3) is 0.375. The van der Waals surface area contributed by atoms with Gasteiger partial charge in [0.05, 0.1) is 11.1 Å². The fourth-order valence-electron chi connectivity index (χ4n) is 2.44. The molecule has 1 heterocycles. The van der Waals surface area contributed by atoms with Crippen LogP contribution in [0.5, 0.6) is 0 Å². The Morgan fingerprint density at radius 3 is 2.35 bits per heavy atom. The second-order valence-electron chi connectivity index (χ2n) is 6.23. The van der Waals surface area contributed by atoms with E-state index >= 15 is 0 Å². The normalized spacial score (nSPS) is 15.1. The summed E-state index contributed by atoms with van der Waals surface area (Å²) in [4.78, 5) is 12.6. The summed E-state index contributed by atoms with van der Waals surface area (Å²) in [7, 11) is -3.38. The average molecular weight is 387 g/mol. The number of nitrogens with one attached hydrogen (secondary N) is 1. The molecule has 1 aromatic heterocycles. The van der Waals surface area contributed by atoms with E-state index in [0.717, 1.165) is 19.1 Å². The van der Waals surface area contributed by atoms with Crippen molar-refractivity contribution in [1.82, 2.24) is 9.78 Å². The second-order valence-corrected chi connectivity index (χ2v) is 8.24. The van der Waals surface area contributed by atoms with Crippen LogP contribution in [-0.2, 0) is 16.4 Å². The number of benzene rings is 1. The SMILES string of the molecule is CS(=O)(=O)c1ccc(-c2cnn(CC(F)(F)F)c(=O)c2NC2CC2)cc1. The molecule has 1 saturated carbocycles. The van der Waals surface area contributed by atoms with Gasteiger partial charge in [0.1, 0.15) is 12.2 Å². The average Bonchev–Trinajstić information content (AvgIpc) is 3.33. The van der Waals surface area contributed by atoms with Gasteiger partial charge in [0, 0.05) is 17.9 Å². The third-order valence-electron chi connectivity index (χ3n) is 3.89. The van der Waals surface area contributed by atoms with Gasteiger partial charge in [-0.05, 0) is 30.5 Å². The van der Waals surface area contributed by atoms with Crippen molar-refractivity contribution in [2.24, 2.45) is 0 Å². The van der Waals surface area contributed by atoms with E-state index in [1.807, 2.05) is 0 Å². The van der Waals surface area contributed by atoms with Crippen molar-refractivity contribution in [2.45, 2.75) is 36.5 Å². The molecule has 6 nitrogen and oxygen atoms in total. The van der Waals surface area contributed by atoms with Gasteiger partial charge in [-0.15, -0.1) is 0 Å². The highest BCUT2D eigenvalue weighted by Gasteiger charge is 2.31. The Bertz CT molecular complexity index is 979. The third-order valence-corrected chi connectivity index (χ3v) is 5.02. The first-order valence-electron chi connectivity index (χ1n) is 7.78. The van der Waals surface area contributed by atoms with Gasteiger partial charge in [0.2, 0.25) is 0 Å². The topological polar surface area (TPSA) is 81.1 Å². The Balaban J connectivity index is 2.06. The van der Waals surface area contributed by atoms with Crippen molar-refractivity contribution in [3.63, 3.8) is 0 Å². The van der Waals surface area contributed by atoms with E-state index in [9.17, 15) is 26.4 Å². The molecule has 1 aromatic carbocycles. The highest BCUT2D eigenvalue weighted by molar-refractivity contribution is 7.90. The molecule has 0 spiro atoms.